The number of halogens is 1. The molecule has 2 heterocycles. The second kappa shape index (κ2) is 8.85. The molecule has 4 rings (SSSR count). The summed E-state index contributed by atoms with van der Waals surface area (Å²) in [4.78, 5) is 28.2. The van der Waals surface area contributed by atoms with E-state index in [0.29, 0.717) is 11.3 Å². The molecule has 1 atom stereocenters. The minimum absolute atomic E-state index is 0.00814. The average Bonchev–Trinajstić information content (AvgIpc) is 2.79. The molecular formula is C22H25ClN4O5S. The maximum atomic E-state index is 13.3. The number of sulfonamides is 1. The Hall–Kier alpha value is -2.82. The molecule has 2 aromatic rings. The number of fused-ring (bicyclic) bond motifs is 1. The number of nitrogens with zero attached hydrogens (tertiary/aromatic N) is 3. The fraction of sp³-hybridized carbons (Fsp3) is 0.364. The molecule has 2 aliphatic heterocycles. The van der Waals surface area contributed by atoms with E-state index in [0.717, 1.165) is 5.69 Å². The van der Waals surface area contributed by atoms with Crippen LogP contribution in [-0.4, -0.2) is 75.8 Å². The van der Waals surface area contributed by atoms with Crippen molar-refractivity contribution in [3.8, 4) is 5.75 Å². The lowest BCUT2D eigenvalue weighted by Crippen LogP contribution is -2.50. The van der Waals surface area contributed by atoms with Gasteiger partial charge in [-0.2, -0.15) is 4.31 Å². The van der Waals surface area contributed by atoms with E-state index in [2.05, 4.69) is 5.32 Å². The monoisotopic (exact) mass is 492 g/mol. The molecule has 1 fully saturated rings. The van der Waals surface area contributed by atoms with Crippen LogP contribution >= 0.6 is 11.6 Å². The van der Waals surface area contributed by atoms with E-state index in [1.807, 2.05) is 37.2 Å². The minimum atomic E-state index is -3.92. The highest BCUT2D eigenvalue weighted by Gasteiger charge is 2.34. The molecule has 1 saturated heterocycles. The van der Waals surface area contributed by atoms with Crippen LogP contribution in [0.2, 0.25) is 5.02 Å². The highest BCUT2D eigenvalue weighted by Crippen LogP contribution is 2.38. The van der Waals surface area contributed by atoms with Gasteiger partial charge in [0.05, 0.1) is 10.7 Å². The van der Waals surface area contributed by atoms with Crippen LogP contribution in [0.25, 0.3) is 0 Å². The minimum Gasteiger partial charge on any atom is -0.479 e. The number of piperazine rings is 1. The van der Waals surface area contributed by atoms with Gasteiger partial charge >= 0.3 is 0 Å². The molecule has 176 valence electrons. The molecular weight excluding hydrogens is 468 g/mol. The summed E-state index contributed by atoms with van der Waals surface area (Å²) in [6, 6.07) is 10.0. The maximum absolute atomic E-state index is 13.3. The Morgan fingerprint density at radius 2 is 1.85 bits per heavy atom. The Kier molecular flexibility index (Phi) is 6.26. The van der Waals surface area contributed by atoms with E-state index in [4.69, 9.17) is 16.3 Å². The molecule has 9 nitrogen and oxygen atoms in total. The second-order valence-electron chi connectivity index (χ2n) is 8.17. The van der Waals surface area contributed by atoms with E-state index < -0.39 is 16.1 Å². The molecule has 0 saturated carbocycles. The first-order chi connectivity index (χ1) is 15.6. The van der Waals surface area contributed by atoms with Crippen LogP contribution < -0.4 is 15.0 Å². The van der Waals surface area contributed by atoms with Gasteiger partial charge in [-0.05, 0) is 31.2 Å². The summed E-state index contributed by atoms with van der Waals surface area (Å²) in [6.45, 7) is 2.38. The van der Waals surface area contributed by atoms with Crippen LogP contribution in [0.5, 0.6) is 5.75 Å². The lowest BCUT2D eigenvalue weighted by atomic mass is 10.1. The summed E-state index contributed by atoms with van der Waals surface area (Å²) in [5.74, 6) is -0.216. The molecule has 0 aliphatic carbocycles. The highest BCUT2D eigenvalue weighted by atomic mass is 35.5. The van der Waals surface area contributed by atoms with Crippen molar-refractivity contribution in [2.75, 3.05) is 50.5 Å². The molecule has 0 bridgehead atoms. The lowest BCUT2D eigenvalue weighted by molar-refractivity contribution is -0.122. The predicted octanol–water partition coefficient (Wildman–Crippen LogP) is 2.27. The number of ether oxygens (including phenoxy) is 1. The summed E-state index contributed by atoms with van der Waals surface area (Å²) in [7, 11) is -0.122. The maximum Gasteiger partial charge on any atom is 0.265 e. The van der Waals surface area contributed by atoms with Crippen LogP contribution in [0, 0.1) is 0 Å². The van der Waals surface area contributed by atoms with Crippen molar-refractivity contribution >= 4 is 44.8 Å². The Balaban J connectivity index is 1.50. The number of amides is 2. The largest absolute Gasteiger partial charge is 0.479 e. The third-order valence-corrected chi connectivity index (χ3v) is 8.08. The number of benzene rings is 2. The normalized spacial score (nSPS) is 18.8. The van der Waals surface area contributed by atoms with Gasteiger partial charge in [-0.1, -0.05) is 17.7 Å². The van der Waals surface area contributed by atoms with Gasteiger partial charge in [0.15, 0.2) is 6.10 Å². The molecule has 33 heavy (non-hydrogen) atoms. The number of carbonyl (C=O) groups is 2. The van der Waals surface area contributed by atoms with Gasteiger partial charge in [0.1, 0.15) is 10.6 Å². The smallest absolute Gasteiger partial charge is 0.265 e. The number of rotatable bonds is 4. The van der Waals surface area contributed by atoms with E-state index >= 15 is 0 Å². The molecule has 2 aromatic carbocycles. The molecule has 0 spiro atoms. The van der Waals surface area contributed by atoms with E-state index in [-0.39, 0.29) is 53.7 Å². The number of nitrogens with one attached hydrogen (secondary N) is 1. The second-order valence-corrected chi connectivity index (χ2v) is 10.5. The molecule has 0 radical (unpaired) electrons. The van der Waals surface area contributed by atoms with Crippen molar-refractivity contribution in [1.29, 1.82) is 0 Å². The van der Waals surface area contributed by atoms with E-state index in [9.17, 15) is 18.0 Å². The fourth-order valence-electron chi connectivity index (χ4n) is 3.78. The number of anilines is 2. The van der Waals surface area contributed by atoms with Crippen molar-refractivity contribution in [3.63, 3.8) is 0 Å². The molecule has 1 unspecified atom stereocenters. The summed E-state index contributed by atoms with van der Waals surface area (Å²) >= 11 is 6.27. The van der Waals surface area contributed by atoms with Gasteiger partial charge < -0.3 is 19.9 Å². The van der Waals surface area contributed by atoms with Crippen LogP contribution in [0.15, 0.2) is 41.3 Å². The standard InChI is InChI=1S/C22H25ClN4O5S/c1-14-21(28)24-18-12-17(23)20(13-19(18)32-14)33(30,31)27-9-7-26(8-10-27)22(29)15-5-4-6-16(11-15)25(2)3/h4-6,11-14H,7-10H2,1-3H3,(H,24,28). The van der Waals surface area contributed by atoms with Gasteiger partial charge in [0.25, 0.3) is 11.8 Å². The fourth-order valence-corrected chi connectivity index (χ4v) is 5.72. The zero-order valence-electron chi connectivity index (χ0n) is 18.5. The molecule has 2 aliphatic rings. The Morgan fingerprint density at radius 3 is 2.52 bits per heavy atom. The zero-order valence-corrected chi connectivity index (χ0v) is 20.1. The number of hydrogen-bond acceptors (Lipinski definition) is 6. The first kappa shape index (κ1) is 23.3. The highest BCUT2D eigenvalue weighted by molar-refractivity contribution is 7.89. The van der Waals surface area contributed by atoms with Crippen molar-refractivity contribution in [3.05, 3.63) is 47.0 Å². The van der Waals surface area contributed by atoms with Crippen LogP contribution in [0.4, 0.5) is 11.4 Å². The van der Waals surface area contributed by atoms with Crippen molar-refractivity contribution in [2.45, 2.75) is 17.9 Å². The summed E-state index contributed by atoms with van der Waals surface area (Å²) in [5, 5.41) is 2.64. The topological polar surface area (TPSA) is 99.3 Å². The average molecular weight is 493 g/mol. The third kappa shape index (κ3) is 4.50. The molecule has 11 heteroatoms. The van der Waals surface area contributed by atoms with Gasteiger partial charge in [-0.3, -0.25) is 9.59 Å². The lowest BCUT2D eigenvalue weighted by Gasteiger charge is -2.34. The van der Waals surface area contributed by atoms with Crippen molar-refractivity contribution in [1.82, 2.24) is 9.21 Å². The van der Waals surface area contributed by atoms with E-state index in [1.165, 1.54) is 16.4 Å². The predicted molar refractivity (Wildman–Crippen MR) is 126 cm³/mol. The molecule has 2 amide bonds. The summed E-state index contributed by atoms with van der Waals surface area (Å²) in [5.41, 5.74) is 1.80. The summed E-state index contributed by atoms with van der Waals surface area (Å²) in [6.07, 6.45) is -0.741. The zero-order chi connectivity index (χ0) is 23.9. The van der Waals surface area contributed by atoms with Gasteiger partial charge in [-0.25, -0.2) is 8.42 Å². The first-order valence-electron chi connectivity index (χ1n) is 10.5. The Labute approximate surface area is 197 Å². The molecule has 0 aromatic heterocycles. The number of carbonyl (C=O) groups excluding carboxylic acids is 2. The van der Waals surface area contributed by atoms with Crippen molar-refractivity contribution < 1.29 is 22.7 Å². The Bertz CT molecular complexity index is 1210. The van der Waals surface area contributed by atoms with Gasteiger partial charge in [0.2, 0.25) is 10.0 Å². The molecule has 1 N–H and O–H groups in total. The van der Waals surface area contributed by atoms with Crippen LogP contribution in [-0.2, 0) is 14.8 Å². The Morgan fingerprint density at radius 1 is 1.15 bits per heavy atom. The van der Waals surface area contributed by atoms with Crippen molar-refractivity contribution in [2.24, 2.45) is 0 Å². The third-order valence-electron chi connectivity index (χ3n) is 5.72. The van der Waals surface area contributed by atoms with Gasteiger partial charge in [-0.15, -0.1) is 0 Å². The van der Waals surface area contributed by atoms with Crippen LogP contribution in [0.3, 0.4) is 0 Å². The summed E-state index contributed by atoms with van der Waals surface area (Å²) < 4.78 is 33.4. The number of hydrogen-bond donors (Lipinski definition) is 1. The van der Waals surface area contributed by atoms with Crippen LogP contribution in [0.1, 0.15) is 17.3 Å². The first-order valence-corrected chi connectivity index (χ1v) is 12.3. The quantitative estimate of drug-likeness (QED) is 0.703. The van der Waals surface area contributed by atoms with E-state index in [1.54, 1.807) is 17.9 Å². The van der Waals surface area contributed by atoms with Gasteiger partial charge in [0, 0.05) is 57.6 Å². The SMILES string of the molecule is CC1Oc2cc(S(=O)(=O)N3CCN(C(=O)c4cccc(N(C)C)c4)CC3)c(Cl)cc2NC1=O.